The van der Waals surface area contributed by atoms with Crippen LogP contribution >= 0.6 is 15.9 Å². The average Bonchev–Trinajstić information content (AvgIpc) is 2.54. The number of halogens is 1. The minimum atomic E-state index is 0.742. The van der Waals surface area contributed by atoms with Gasteiger partial charge in [-0.3, -0.25) is 0 Å². The summed E-state index contributed by atoms with van der Waals surface area (Å²) in [5.41, 5.74) is 0.818. The van der Waals surface area contributed by atoms with Gasteiger partial charge in [0.05, 0.1) is 0 Å². The summed E-state index contributed by atoms with van der Waals surface area (Å²) in [6.07, 6.45) is 12.1. The summed E-state index contributed by atoms with van der Waals surface area (Å²) >= 11 is 3.73. The second kappa shape index (κ2) is 3.92. The summed E-state index contributed by atoms with van der Waals surface area (Å²) in [5.74, 6) is 0.964. The van der Waals surface area contributed by atoms with Crippen LogP contribution in [-0.2, 0) is 0 Å². The average molecular weight is 245 g/mol. The summed E-state index contributed by atoms with van der Waals surface area (Å²) < 4.78 is 0. The number of alkyl halides is 1. The van der Waals surface area contributed by atoms with Crippen molar-refractivity contribution in [2.75, 3.05) is 0 Å². The van der Waals surface area contributed by atoms with Gasteiger partial charge in [-0.2, -0.15) is 0 Å². The van der Waals surface area contributed by atoms with Gasteiger partial charge in [0.25, 0.3) is 0 Å². The molecule has 0 amide bonds. The molecule has 2 aliphatic carbocycles. The van der Waals surface area contributed by atoms with Gasteiger partial charge in [-0.25, -0.2) is 0 Å². The van der Waals surface area contributed by atoms with E-state index in [2.05, 4.69) is 22.9 Å². The molecule has 0 nitrogen and oxygen atoms in total. The summed E-state index contributed by atoms with van der Waals surface area (Å²) in [5, 5.41) is 0. The van der Waals surface area contributed by atoms with Crippen molar-refractivity contribution in [2.24, 2.45) is 11.3 Å². The van der Waals surface area contributed by atoms with E-state index in [1.54, 1.807) is 0 Å². The molecule has 1 atom stereocenters. The maximum atomic E-state index is 3.73. The molecule has 0 aromatic carbocycles. The Hall–Kier alpha value is 0.480. The van der Waals surface area contributed by atoms with Crippen LogP contribution in [0.4, 0.5) is 0 Å². The second-order valence-corrected chi connectivity index (χ2v) is 6.67. The number of hydrogen-bond donors (Lipinski definition) is 0. The third-order valence-corrected chi connectivity index (χ3v) is 5.15. The molecule has 0 saturated heterocycles. The van der Waals surface area contributed by atoms with Gasteiger partial charge >= 0.3 is 0 Å². The fourth-order valence-electron chi connectivity index (χ4n) is 3.34. The molecule has 2 saturated carbocycles. The Labute approximate surface area is 90.6 Å². The molecule has 76 valence electrons. The predicted molar refractivity (Wildman–Crippen MR) is 61.2 cm³/mol. The zero-order chi connectivity index (χ0) is 9.31. The Morgan fingerprint density at radius 2 is 1.62 bits per heavy atom. The van der Waals surface area contributed by atoms with Crippen LogP contribution in [0.25, 0.3) is 0 Å². The van der Waals surface area contributed by atoms with Crippen LogP contribution < -0.4 is 0 Å². The highest BCUT2D eigenvalue weighted by Gasteiger charge is 2.38. The fourth-order valence-corrected chi connectivity index (χ4v) is 3.87. The molecule has 2 rings (SSSR count). The van der Waals surface area contributed by atoms with Gasteiger partial charge in [-0.1, -0.05) is 35.7 Å². The quantitative estimate of drug-likeness (QED) is 0.596. The Morgan fingerprint density at radius 1 is 1.08 bits per heavy atom. The molecule has 0 aromatic heterocycles. The molecule has 0 aromatic rings. The minimum Gasteiger partial charge on any atom is -0.0891 e. The van der Waals surface area contributed by atoms with Crippen LogP contribution in [-0.4, -0.2) is 4.83 Å². The summed E-state index contributed by atoms with van der Waals surface area (Å²) in [4.78, 5) is 0.742. The van der Waals surface area contributed by atoms with E-state index in [-0.39, 0.29) is 0 Å². The third-order valence-electron chi connectivity index (χ3n) is 4.40. The van der Waals surface area contributed by atoms with Crippen molar-refractivity contribution >= 4 is 15.9 Å². The molecule has 0 heterocycles. The zero-order valence-corrected chi connectivity index (χ0v) is 10.3. The molecule has 2 aliphatic rings. The molecule has 0 aliphatic heterocycles. The van der Waals surface area contributed by atoms with E-state index in [0.717, 1.165) is 16.2 Å². The van der Waals surface area contributed by atoms with Gasteiger partial charge in [-0.15, -0.1) is 0 Å². The van der Waals surface area contributed by atoms with Crippen LogP contribution in [0, 0.1) is 11.3 Å². The fraction of sp³-hybridized carbons (Fsp3) is 1.00. The van der Waals surface area contributed by atoms with Crippen molar-refractivity contribution in [2.45, 2.75) is 63.1 Å². The molecule has 0 radical (unpaired) electrons. The molecule has 1 heteroatoms. The van der Waals surface area contributed by atoms with Gasteiger partial charge in [0.15, 0.2) is 0 Å². The lowest BCUT2D eigenvalue weighted by Gasteiger charge is -2.38. The van der Waals surface area contributed by atoms with Gasteiger partial charge < -0.3 is 0 Å². The topological polar surface area (TPSA) is 0 Å². The summed E-state index contributed by atoms with van der Waals surface area (Å²) in [7, 11) is 0. The smallest absolute Gasteiger partial charge is 0.0145 e. The third kappa shape index (κ3) is 2.11. The first-order chi connectivity index (χ1) is 6.22. The highest BCUT2D eigenvalue weighted by Crippen LogP contribution is 2.51. The van der Waals surface area contributed by atoms with Gasteiger partial charge in [0, 0.05) is 4.83 Å². The molecule has 0 N–H and O–H groups in total. The Balaban J connectivity index is 1.88. The monoisotopic (exact) mass is 244 g/mol. The van der Waals surface area contributed by atoms with Crippen LogP contribution in [0.5, 0.6) is 0 Å². The Kier molecular flexibility index (Phi) is 3.02. The van der Waals surface area contributed by atoms with Crippen molar-refractivity contribution in [1.82, 2.24) is 0 Å². The first kappa shape index (κ1) is 10.0. The minimum absolute atomic E-state index is 0.742. The lowest BCUT2D eigenvalue weighted by Crippen LogP contribution is -2.27. The second-order valence-electron chi connectivity index (χ2n) is 5.22. The van der Waals surface area contributed by atoms with Crippen LogP contribution in [0.3, 0.4) is 0 Å². The summed E-state index contributed by atoms with van der Waals surface area (Å²) in [6.45, 7) is 2.32. The molecule has 13 heavy (non-hydrogen) atoms. The number of hydrogen-bond acceptors (Lipinski definition) is 0. The zero-order valence-electron chi connectivity index (χ0n) is 8.69. The van der Waals surface area contributed by atoms with Gasteiger partial charge in [0.2, 0.25) is 0 Å². The normalized spacial score (nSPS) is 30.9. The predicted octanol–water partition coefficient (Wildman–Crippen LogP) is 4.52. The maximum Gasteiger partial charge on any atom is 0.0145 e. The van der Waals surface area contributed by atoms with E-state index in [9.17, 15) is 0 Å². The molecule has 1 unspecified atom stereocenters. The first-order valence-electron chi connectivity index (χ1n) is 5.86. The first-order valence-corrected chi connectivity index (χ1v) is 6.78. The van der Waals surface area contributed by atoms with Crippen molar-refractivity contribution in [3.05, 3.63) is 0 Å². The van der Waals surface area contributed by atoms with E-state index in [4.69, 9.17) is 0 Å². The van der Waals surface area contributed by atoms with Crippen LogP contribution in [0.2, 0.25) is 0 Å². The van der Waals surface area contributed by atoms with E-state index >= 15 is 0 Å². The van der Waals surface area contributed by atoms with Gasteiger partial charge in [0.1, 0.15) is 0 Å². The molecular formula is C12H21Br. The lowest BCUT2D eigenvalue weighted by molar-refractivity contribution is 0.156. The highest BCUT2D eigenvalue weighted by atomic mass is 79.9. The van der Waals surface area contributed by atoms with Crippen molar-refractivity contribution < 1.29 is 0 Å². The van der Waals surface area contributed by atoms with Crippen molar-refractivity contribution in [3.63, 3.8) is 0 Å². The maximum absolute atomic E-state index is 3.73. The summed E-state index contributed by atoms with van der Waals surface area (Å²) in [6, 6.07) is 0. The standard InChI is InChI=1S/C12H21Br/c1-10(13)11-4-8-12(9-5-11)6-2-3-7-12/h10-11H,2-9H2,1H3. The largest absolute Gasteiger partial charge is 0.0891 e. The highest BCUT2D eigenvalue weighted by molar-refractivity contribution is 9.09. The van der Waals surface area contributed by atoms with Crippen molar-refractivity contribution in [3.8, 4) is 0 Å². The van der Waals surface area contributed by atoms with E-state index in [1.807, 2.05) is 0 Å². The van der Waals surface area contributed by atoms with Crippen LogP contribution in [0.15, 0.2) is 0 Å². The Morgan fingerprint density at radius 3 is 2.08 bits per heavy atom. The molecular weight excluding hydrogens is 224 g/mol. The van der Waals surface area contributed by atoms with E-state index in [1.165, 1.54) is 51.4 Å². The molecule has 2 fully saturated rings. The SMILES string of the molecule is CC(Br)C1CCC2(CCCC2)CC1. The number of rotatable bonds is 1. The Bertz CT molecular complexity index is 158. The van der Waals surface area contributed by atoms with E-state index < -0.39 is 0 Å². The van der Waals surface area contributed by atoms with Crippen molar-refractivity contribution in [1.29, 1.82) is 0 Å². The molecule has 1 spiro atoms. The van der Waals surface area contributed by atoms with Gasteiger partial charge in [-0.05, 0) is 49.9 Å². The lowest BCUT2D eigenvalue weighted by atomic mass is 9.69. The van der Waals surface area contributed by atoms with Crippen LogP contribution in [0.1, 0.15) is 58.3 Å². The molecule has 0 bridgehead atoms. The van der Waals surface area contributed by atoms with E-state index in [0.29, 0.717) is 0 Å².